The number of hydrogen-bond donors (Lipinski definition) is 1. The van der Waals surface area contributed by atoms with E-state index in [1.165, 1.54) is 0 Å². The Morgan fingerprint density at radius 3 is 2.86 bits per heavy atom. The van der Waals surface area contributed by atoms with Gasteiger partial charge in [0.05, 0.1) is 23.6 Å². The van der Waals surface area contributed by atoms with E-state index in [4.69, 9.17) is 11.6 Å². The standard InChI is InChI=1S/C16H16ClN5/c1-16(2,9-18)22-8-10(6-21-22)11-7-20-13-5-4-12(17)14(13)15(11)19-3/h4,6-8H,5H2,1-3H3,(H,19,20). The monoisotopic (exact) mass is 313 g/mol. The molecule has 0 bridgehead atoms. The first-order valence-corrected chi connectivity index (χ1v) is 7.38. The molecule has 22 heavy (non-hydrogen) atoms. The third kappa shape index (κ3) is 2.16. The van der Waals surface area contributed by atoms with Gasteiger partial charge in [-0.15, -0.1) is 0 Å². The second-order valence-electron chi connectivity index (χ2n) is 5.72. The van der Waals surface area contributed by atoms with Crippen LogP contribution in [0.2, 0.25) is 0 Å². The Morgan fingerprint density at radius 2 is 2.18 bits per heavy atom. The fraction of sp³-hybridized carbons (Fsp3) is 0.312. The molecule has 5 nitrogen and oxygen atoms in total. The Kier molecular flexibility index (Phi) is 3.42. The van der Waals surface area contributed by atoms with Crippen molar-refractivity contribution in [3.63, 3.8) is 0 Å². The molecule has 6 heteroatoms. The molecule has 1 N–H and O–H groups in total. The Labute approximate surface area is 134 Å². The second-order valence-corrected chi connectivity index (χ2v) is 6.13. The summed E-state index contributed by atoms with van der Waals surface area (Å²) >= 11 is 6.30. The quantitative estimate of drug-likeness (QED) is 0.943. The topological polar surface area (TPSA) is 66.5 Å². The molecule has 0 radical (unpaired) electrons. The molecule has 1 aliphatic rings. The van der Waals surface area contributed by atoms with E-state index in [9.17, 15) is 5.26 Å². The number of aromatic nitrogens is 3. The van der Waals surface area contributed by atoms with Crippen LogP contribution < -0.4 is 5.32 Å². The van der Waals surface area contributed by atoms with Crippen LogP contribution in [0.1, 0.15) is 25.1 Å². The Morgan fingerprint density at radius 1 is 1.41 bits per heavy atom. The number of nitrogens with one attached hydrogen (secondary N) is 1. The molecule has 2 aromatic heterocycles. The first kappa shape index (κ1) is 14.6. The van der Waals surface area contributed by atoms with E-state index in [0.717, 1.165) is 39.5 Å². The zero-order valence-corrected chi connectivity index (χ0v) is 13.4. The van der Waals surface area contributed by atoms with Gasteiger partial charge >= 0.3 is 0 Å². The van der Waals surface area contributed by atoms with E-state index >= 15 is 0 Å². The SMILES string of the molecule is CNc1c(-c2cnn(C(C)(C)C#N)c2)cnc2c1C(Cl)=CC2. The zero-order chi connectivity index (χ0) is 15.9. The molecule has 0 saturated heterocycles. The molecule has 0 unspecified atom stereocenters. The summed E-state index contributed by atoms with van der Waals surface area (Å²) in [7, 11) is 1.87. The molecule has 0 aromatic carbocycles. The van der Waals surface area contributed by atoms with Crippen molar-refractivity contribution in [3.8, 4) is 17.2 Å². The molecule has 1 aliphatic carbocycles. The highest BCUT2D eigenvalue weighted by atomic mass is 35.5. The molecule has 2 aromatic rings. The summed E-state index contributed by atoms with van der Waals surface area (Å²) in [4.78, 5) is 4.51. The van der Waals surface area contributed by atoms with Crippen molar-refractivity contribution in [2.75, 3.05) is 12.4 Å². The number of nitriles is 1. The number of rotatable bonds is 3. The van der Waals surface area contributed by atoms with Gasteiger partial charge < -0.3 is 5.32 Å². The van der Waals surface area contributed by atoms with Crippen LogP contribution in [-0.2, 0) is 12.0 Å². The van der Waals surface area contributed by atoms with E-state index in [1.54, 1.807) is 10.9 Å². The lowest BCUT2D eigenvalue weighted by Gasteiger charge is -2.16. The molecule has 0 aliphatic heterocycles. The van der Waals surface area contributed by atoms with E-state index in [2.05, 4.69) is 21.5 Å². The molecule has 0 saturated carbocycles. The van der Waals surface area contributed by atoms with Gasteiger partial charge in [-0.2, -0.15) is 10.4 Å². The molecule has 2 heterocycles. The lowest BCUT2D eigenvalue weighted by molar-refractivity contribution is 0.419. The van der Waals surface area contributed by atoms with Crippen LogP contribution in [0.5, 0.6) is 0 Å². The van der Waals surface area contributed by atoms with Crippen molar-refractivity contribution in [2.45, 2.75) is 25.8 Å². The van der Waals surface area contributed by atoms with Crippen LogP contribution in [0.25, 0.3) is 16.2 Å². The van der Waals surface area contributed by atoms with E-state index in [1.807, 2.05) is 39.4 Å². The molecule has 0 spiro atoms. The summed E-state index contributed by atoms with van der Waals surface area (Å²) < 4.78 is 1.66. The van der Waals surface area contributed by atoms with Crippen molar-refractivity contribution < 1.29 is 0 Å². The highest BCUT2D eigenvalue weighted by Gasteiger charge is 2.24. The number of nitrogens with zero attached hydrogens (tertiary/aromatic N) is 4. The average Bonchev–Trinajstić information content (AvgIpc) is 3.14. The average molecular weight is 314 g/mol. The van der Waals surface area contributed by atoms with Crippen LogP contribution >= 0.6 is 11.6 Å². The summed E-state index contributed by atoms with van der Waals surface area (Å²) in [5.41, 5.74) is 4.00. The van der Waals surface area contributed by atoms with E-state index in [0.29, 0.717) is 0 Å². The fourth-order valence-electron chi connectivity index (χ4n) is 2.55. The normalized spacial score (nSPS) is 13.5. The number of anilines is 1. The smallest absolute Gasteiger partial charge is 0.143 e. The molecule has 3 rings (SSSR count). The second kappa shape index (κ2) is 5.15. The van der Waals surface area contributed by atoms with Gasteiger partial charge in [0.15, 0.2) is 0 Å². The summed E-state index contributed by atoms with van der Waals surface area (Å²) in [5.74, 6) is 0. The lowest BCUT2D eigenvalue weighted by Crippen LogP contribution is -2.24. The summed E-state index contributed by atoms with van der Waals surface area (Å²) in [5, 5.41) is 17.5. The van der Waals surface area contributed by atoms with Gasteiger partial charge in [-0.25, -0.2) is 0 Å². The van der Waals surface area contributed by atoms with Crippen molar-refractivity contribution in [2.24, 2.45) is 0 Å². The van der Waals surface area contributed by atoms with Crippen molar-refractivity contribution in [3.05, 3.63) is 35.9 Å². The van der Waals surface area contributed by atoms with Crippen molar-refractivity contribution in [1.82, 2.24) is 14.8 Å². The van der Waals surface area contributed by atoms with Gasteiger partial charge in [0.25, 0.3) is 0 Å². The highest BCUT2D eigenvalue weighted by molar-refractivity contribution is 6.50. The van der Waals surface area contributed by atoms with Gasteiger partial charge in [0.1, 0.15) is 5.54 Å². The molecular formula is C16H16ClN5. The number of hydrogen-bond acceptors (Lipinski definition) is 4. The number of halogens is 1. The van der Waals surface area contributed by atoms with E-state index < -0.39 is 5.54 Å². The maximum atomic E-state index is 9.23. The van der Waals surface area contributed by atoms with Crippen LogP contribution in [0.3, 0.4) is 0 Å². The highest BCUT2D eigenvalue weighted by Crippen LogP contribution is 2.40. The van der Waals surface area contributed by atoms with E-state index in [-0.39, 0.29) is 0 Å². The van der Waals surface area contributed by atoms with Gasteiger partial charge in [-0.05, 0) is 13.8 Å². The third-order valence-electron chi connectivity index (χ3n) is 3.86. The molecule has 0 atom stereocenters. The van der Waals surface area contributed by atoms with Gasteiger partial charge in [0, 0.05) is 47.6 Å². The maximum absolute atomic E-state index is 9.23. The predicted octanol–water partition coefficient (Wildman–Crippen LogP) is 3.38. The number of fused-ring (bicyclic) bond motifs is 1. The van der Waals surface area contributed by atoms with Crippen LogP contribution in [-0.4, -0.2) is 21.8 Å². The Hall–Kier alpha value is -2.32. The van der Waals surface area contributed by atoms with Crippen molar-refractivity contribution >= 4 is 22.3 Å². The Balaban J connectivity index is 2.13. The molecule has 112 valence electrons. The van der Waals surface area contributed by atoms with Crippen molar-refractivity contribution in [1.29, 1.82) is 5.26 Å². The van der Waals surface area contributed by atoms with Crippen LogP contribution in [0, 0.1) is 11.3 Å². The molecule has 0 fully saturated rings. The molecular weight excluding hydrogens is 298 g/mol. The molecule has 0 amide bonds. The minimum Gasteiger partial charge on any atom is -0.387 e. The first-order chi connectivity index (χ1) is 10.5. The summed E-state index contributed by atoms with van der Waals surface area (Å²) in [6.07, 6.45) is 8.15. The predicted molar refractivity (Wildman–Crippen MR) is 87.5 cm³/mol. The largest absolute Gasteiger partial charge is 0.387 e. The summed E-state index contributed by atoms with van der Waals surface area (Å²) in [6.45, 7) is 3.65. The number of pyridine rings is 1. The fourth-order valence-corrected chi connectivity index (χ4v) is 2.83. The number of allylic oxidation sites excluding steroid dienone is 1. The Bertz CT molecular complexity index is 810. The maximum Gasteiger partial charge on any atom is 0.143 e. The lowest BCUT2D eigenvalue weighted by atomic mass is 10.0. The minimum absolute atomic E-state index is 0.695. The first-order valence-electron chi connectivity index (χ1n) is 7.00. The third-order valence-corrected chi connectivity index (χ3v) is 4.20. The van der Waals surface area contributed by atoms with Crippen LogP contribution in [0.4, 0.5) is 5.69 Å². The van der Waals surface area contributed by atoms with Gasteiger partial charge in [-0.3, -0.25) is 9.67 Å². The minimum atomic E-state index is -0.695. The summed E-state index contributed by atoms with van der Waals surface area (Å²) in [6, 6.07) is 2.24. The van der Waals surface area contributed by atoms with Gasteiger partial charge in [-0.1, -0.05) is 17.7 Å². The van der Waals surface area contributed by atoms with Crippen LogP contribution in [0.15, 0.2) is 24.7 Å². The van der Waals surface area contributed by atoms with Gasteiger partial charge in [0.2, 0.25) is 0 Å². The zero-order valence-electron chi connectivity index (χ0n) is 12.7.